The Balaban J connectivity index is 1.33. The highest BCUT2D eigenvalue weighted by atomic mass is 32.2. The van der Waals surface area contributed by atoms with Crippen LogP contribution in [-0.2, 0) is 10.0 Å². The average Bonchev–Trinajstić information content (AvgIpc) is 3.10. The van der Waals surface area contributed by atoms with Crippen LogP contribution in [0.3, 0.4) is 0 Å². The Kier molecular flexibility index (Phi) is 5.11. The summed E-state index contributed by atoms with van der Waals surface area (Å²) in [6.07, 6.45) is 11.6. The number of sulfonamides is 1. The average molecular weight is 443 g/mol. The summed E-state index contributed by atoms with van der Waals surface area (Å²) in [5, 5.41) is 10.2. The Labute approximate surface area is 186 Å². The fraction of sp³-hybridized carbons (Fsp3) is 0.600. The van der Waals surface area contributed by atoms with E-state index >= 15 is 0 Å². The summed E-state index contributed by atoms with van der Waals surface area (Å²) in [6, 6.07) is 8.50. The van der Waals surface area contributed by atoms with E-state index in [1.54, 1.807) is 24.3 Å². The van der Waals surface area contributed by atoms with Gasteiger partial charge in [0.05, 0.1) is 11.0 Å². The molecule has 0 aliphatic heterocycles. The van der Waals surface area contributed by atoms with E-state index in [9.17, 15) is 13.5 Å². The van der Waals surface area contributed by atoms with Crippen molar-refractivity contribution in [1.82, 2.24) is 10.3 Å². The molecule has 0 heterocycles. The Morgan fingerprint density at radius 3 is 2.48 bits per heavy atom. The number of hydrazine groups is 1. The summed E-state index contributed by atoms with van der Waals surface area (Å²) in [7, 11) is -3.60. The second-order valence-corrected chi connectivity index (χ2v) is 12.2. The van der Waals surface area contributed by atoms with Crippen LogP contribution in [-0.4, -0.2) is 19.6 Å². The second kappa shape index (κ2) is 7.46. The molecule has 0 spiro atoms. The normalized spacial score (nSPS) is 39.6. The van der Waals surface area contributed by atoms with E-state index < -0.39 is 10.0 Å². The molecule has 31 heavy (non-hydrogen) atoms. The lowest BCUT2D eigenvalue weighted by molar-refractivity contribution is -0.0311. The van der Waals surface area contributed by atoms with Crippen molar-refractivity contribution in [2.24, 2.45) is 28.6 Å². The van der Waals surface area contributed by atoms with Crippen molar-refractivity contribution in [3.05, 3.63) is 53.8 Å². The Hall–Kier alpha value is -1.63. The number of aliphatic hydroxyl groups excluding tert-OH is 1. The molecule has 4 aliphatic rings. The maximum absolute atomic E-state index is 12.7. The Morgan fingerprint density at radius 2 is 1.71 bits per heavy atom. The van der Waals surface area contributed by atoms with E-state index in [0.29, 0.717) is 17.8 Å². The highest BCUT2D eigenvalue weighted by Gasteiger charge is 2.56. The van der Waals surface area contributed by atoms with Crippen molar-refractivity contribution in [3.63, 3.8) is 0 Å². The Morgan fingerprint density at radius 1 is 0.968 bits per heavy atom. The molecule has 6 unspecified atom stereocenters. The van der Waals surface area contributed by atoms with Gasteiger partial charge in [0, 0.05) is 11.1 Å². The minimum atomic E-state index is -3.60. The van der Waals surface area contributed by atoms with Gasteiger partial charge in [0.1, 0.15) is 0 Å². The number of aliphatic hydroxyl groups is 1. The maximum atomic E-state index is 12.7. The first-order valence-corrected chi connectivity index (χ1v) is 13.1. The summed E-state index contributed by atoms with van der Waals surface area (Å²) in [4.78, 5) is 2.89. The van der Waals surface area contributed by atoms with Gasteiger partial charge in [-0.2, -0.15) is 0 Å². The first-order chi connectivity index (χ1) is 14.7. The van der Waals surface area contributed by atoms with E-state index in [0.717, 1.165) is 50.6 Å². The van der Waals surface area contributed by atoms with E-state index in [4.69, 9.17) is 0 Å². The van der Waals surface area contributed by atoms with Crippen LogP contribution in [0.25, 0.3) is 0 Å². The third-order valence-electron chi connectivity index (χ3n) is 9.03. The number of hydrogen-bond donors (Lipinski definition) is 3. The molecule has 0 amide bonds. The van der Waals surface area contributed by atoms with E-state index in [1.165, 1.54) is 5.57 Å². The molecule has 1 aromatic carbocycles. The molecule has 5 nitrogen and oxygen atoms in total. The zero-order chi connectivity index (χ0) is 21.9. The van der Waals surface area contributed by atoms with Gasteiger partial charge < -0.3 is 10.5 Å². The second-order valence-electron chi connectivity index (χ2n) is 10.5. The molecule has 6 atom stereocenters. The van der Waals surface area contributed by atoms with Crippen LogP contribution < -0.4 is 10.3 Å². The summed E-state index contributed by atoms with van der Waals surface area (Å²) in [6.45, 7) is 4.74. The molecule has 0 radical (unpaired) electrons. The van der Waals surface area contributed by atoms with Crippen molar-refractivity contribution >= 4 is 10.0 Å². The van der Waals surface area contributed by atoms with Crippen LogP contribution in [0, 0.1) is 28.6 Å². The molecule has 4 aliphatic carbocycles. The molecule has 5 rings (SSSR count). The number of nitrogens with one attached hydrogen (secondary N) is 2. The number of rotatable bonds is 4. The van der Waals surface area contributed by atoms with Gasteiger partial charge in [0.25, 0.3) is 10.0 Å². The number of allylic oxidation sites excluding steroid dienone is 3. The standard InChI is InChI=1S/C25H34N2O3S/c1-24-14-12-18(28)16-17(24)8-9-20-21-10-11-23(25(21,2)15-13-22(20)24)26-27-31(29,30)19-6-4-3-5-7-19/h3-8,11,18,20-22,26-28H,9-10,12-16H2,1-2H3. The van der Waals surface area contributed by atoms with Crippen LogP contribution in [0.4, 0.5) is 0 Å². The van der Waals surface area contributed by atoms with Gasteiger partial charge in [-0.25, -0.2) is 8.42 Å². The summed E-state index contributed by atoms with van der Waals surface area (Å²) >= 11 is 0. The predicted molar refractivity (Wildman–Crippen MR) is 121 cm³/mol. The minimum absolute atomic E-state index is 0.0315. The number of hydrogen-bond acceptors (Lipinski definition) is 4. The van der Waals surface area contributed by atoms with Crippen LogP contribution in [0.5, 0.6) is 0 Å². The zero-order valence-corrected chi connectivity index (χ0v) is 19.3. The van der Waals surface area contributed by atoms with Crippen LogP contribution >= 0.6 is 0 Å². The van der Waals surface area contributed by atoms with Crippen molar-refractivity contribution in [2.45, 2.75) is 69.8 Å². The molecule has 0 saturated heterocycles. The van der Waals surface area contributed by atoms with Crippen molar-refractivity contribution < 1.29 is 13.5 Å². The lowest BCUT2D eigenvalue weighted by atomic mass is 9.48. The lowest BCUT2D eigenvalue weighted by Crippen LogP contribution is -2.51. The molecular formula is C25H34N2O3S. The van der Waals surface area contributed by atoms with E-state index in [1.807, 2.05) is 6.07 Å². The first-order valence-electron chi connectivity index (χ1n) is 11.7. The van der Waals surface area contributed by atoms with Crippen LogP contribution in [0.2, 0.25) is 0 Å². The quantitative estimate of drug-likeness (QED) is 0.480. The molecule has 0 aromatic heterocycles. The molecule has 2 saturated carbocycles. The summed E-state index contributed by atoms with van der Waals surface area (Å²) < 4.78 is 25.4. The van der Waals surface area contributed by atoms with Gasteiger partial charge in [-0.15, -0.1) is 4.83 Å². The minimum Gasteiger partial charge on any atom is -0.393 e. The van der Waals surface area contributed by atoms with E-state index in [2.05, 4.69) is 36.3 Å². The summed E-state index contributed by atoms with van der Waals surface area (Å²) in [5.41, 5.74) is 5.79. The molecular weight excluding hydrogens is 408 g/mol. The van der Waals surface area contributed by atoms with Gasteiger partial charge >= 0.3 is 0 Å². The number of fused-ring (bicyclic) bond motifs is 5. The topological polar surface area (TPSA) is 78.4 Å². The van der Waals surface area contributed by atoms with Crippen molar-refractivity contribution in [1.29, 1.82) is 0 Å². The van der Waals surface area contributed by atoms with Crippen LogP contribution in [0.15, 0.2) is 58.6 Å². The zero-order valence-electron chi connectivity index (χ0n) is 18.5. The third-order valence-corrected chi connectivity index (χ3v) is 10.3. The smallest absolute Gasteiger partial charge is 0.257 e. The maximum Gasteiger partial charge on any atom is 0.257 e. The molecule has 168 valence electrons. The van der Waals surface area contributed by atoms with Gasteiger partial charge in [-0.3, -0.25) is 0 Å². The third kappa shape index (κ3) is 3.38. The highest BCUT2D eigenvalue weighted by molar-refractivity contribution is 7.89. The fourth-order valence-electron chi connectivity index (χ4n) is 7.18. The van der Waals surface area contributed by atoms with Crippen molar-refractivity contribution in [3.8, 4) is 0 Å². The SMILES string of the molecule is CC12CCC(O)CC1=CCC1C2CCC2(C)C(NNS(=O)(=O)c3ccccc3)=CCC12. The summed E-state index contributed by atoms with van der Waals surface area (Å²) in [5.74, 6) is 1.80. The monoisotopic (exact) mass is 442 g/mol. The van der Waals surface area contributed by atoms with Gasteiger partial charge in [0.2, 0.25) is 0 Å². The van der Waals surface area contributed by atoms with E-state index in [-0.39, 0.29) is 21.8 Å². The molecule has 2 fully saturated rings. The molecule has 3 N–H and O–H groups in total. The predicted octanol–water partition coefficient (Wildman–Crippen LogP) is 4.29. The molecule has 0 bridgehead atoms. The van der Waals surface area contributed by atoms with Crippen molar-refractivity contribution in [2.75, 3.05) is 0 Å². The first kappa shape index (κ1) is 21.2. The fourth-order valence-corrected chi connectivity index (χ4v) is 8.06. The van der Waals surface area contributed by atoms with Gasteiger partial charge in [-0.05, 0) is 80.2 Å². The lowest BCUT2D eigenvalue weighted by Gasteiger charge is -2.57. The molecule has 1 aromatic rings. The van der Waals surface area contributed by atoms with Gasteiger partial charge in [-0.1, -0.05) is 49.8 Å². The highest BCUT2D eigenvalue weighted by Crippen LogP contribution is 2.64. The Bertz CT molecular complexity index is 1020. The number of benzene rings is 1. The largest absolute Gasteiger partial charge is 0.393 e. The molecule has 6 heteroatoms. The van der Waals surface area contributed by atoms with Gasteiger partial charge in [0.15, 0.2) is 0 Å². The van der Waals surface area contributed by atoms with Crippen LogP contribution in [0.1, 0.15) is 58.8 Å².